The minimum atomic E-state index is -5.09. The fraction of sp³-hybridized carbons (Fsp3) is 0.0769. The molecule has 0 aliphatic heterocycles. The average Bonchev–Trinajstić information content (AvgIpc) is 2.48. The maximum atomic E-state index is 12.2. The van der Waals surface area contributed by atoms with Crippen LogP contribution in [-0.4, -0.2) is 22.2 Å². The number of nitrogens with zero attached hydrogens (tertiary/aromatic N) is 2. The van der Waals surface area contributed by atoms with Crippen molar-refractivity contribution in [1.29, 1.82) is 0 Å². The highest BCUT2D eigenvalue weighted by Crippen LogP contribution is 2.32. The van der Waals surface area contributed by atoms with Gasteiger partial charge in [-0.25, -0.2) is 4.98 Å². The molecule has 0 aliphatic carbocycles. The van der Waals surface area contributed by atoms with Crippen LogP contribution in [0, 0.1) is 10.1 Å². The topological polar surface area (TPSA) is 94.4 Å². The molecule has 0 spiro atoms. The molecule has 0 unspecified atom stereocenters. The van der Waals surface area contributed by atoms with E-state index < -0.39 is 28.6 Å². The van der Waals surface area contributed by atoms with Crippen LogP contribution in [-0.2, 0) is 0 Å². The van der Waals surface area contributed by atoms with Crippen LogP contribution in [0.1, 0.15) is 10.4 Å². The van der Waals surface area contributed by atoms with Crippen LogP contribution < -0.4 is 10.1 Å². The summed E-state index contributed by atoms with van der Waals surface area (Å²) >= 11 is 3.16. The van der Waals surface area contributed by atoms with Crippen LogP contribution in [0.2, 0.25) is 0 Å². The summed E-state index contributed by atoms with van der Waals surface area (Å²) in [7, 11) is 0. The van der Waals surface area contributed by atoms with Gasteiger partial charge >= 0.3 is 12.0 Å². The fourth-order valence-corrected chi connectivity index (χ4v) is 1.89. The van der Waals surface area contributed by atoms with Crippen molar-refractivity contribution >= 4 is 33.3 Å². The Bertz CT molecular complexity index is 781. The van der Waals surface area contributed by atoms with Crippen molar-refractivity contribution in [3.63, 3.8) is 0 Å². The van der Waals surface area contributed by atoms with E-state index in [1.165, 1.54) is 12.3 Å². The lowest BCUT2D eigenvalue weighted by atomic mass is 10.1. The molecule has 24 heavy (non-hydrogen) atoms. The first kappa shape index (κ1) is 17.7. The summed E-state index contributed by atoms with van der Waals surface area (Å²) < 4.78 is 40.9. The second kappa shape index (κ2) is 6.83. The number of aromatic nitrogens is 1. The number of carbonyl (C=O) groups is 1. The maximum absolute atomic E-state index is 12.2. The van der Waals surface area contributed by atoms with E-state index in [1.807, 2.05) is 0 Å². The van der Waals surface area contributed by atoms with Gasteiger partial charge in [-0.1, -0.05) is 0 Å². The van der Waals surface area contributed by atoms with E-state index in [1.54, 1.807) is 6.07 Å². The largest absolute Gasteiger partial charge is 0.573 e. The van der Waals surface area contributed by atoms with Crippen molar-refractivity contribution < 1.29 is 27.6 Å². The number of hydrogen-bond donors (Lipinski definition) is 1. The van der Waals surface area contributed by atoms with Crippen molar-refractivity contribution in [2.24, 2.45) is 0 Å². The lowest BCUT2D eigenvalue weighted by Crippen LogP contribution is -2.18. The summed E-state index contributed by atoms with van der Waals surface area (Å²) in [5.74, 6) is -1.61. The van der Waals surface area contributed by atoms with Crippen molar-refractivity contribution in [3.05, 3.63) is 56.7 Å². The van der Waals surface area contributed by atoms with E-state index in [9.17, 15) is 28.1 Å². The van der Waals surface area contributed by atoms with Crippen LogP contribution in [0.5, 0.6) is 5.75 Å². The Morgan fingerprint density at radius 2 is 2.00 bits per heavy atom. The van der Waals surface area contributed by atoms with Gasteiger partial charge in [-0.15, -0.1) is 13.2 Å². The van der Waals surface area contributed by atoms with E-state index in [0.29, 0.717) is 16.6 Å². The number of pyridine rings is 1. The van der Waals surface area contributed by atoms with Gasteiger partial charge in [0.25, 0.3) is 5.91 Å². The summed E-state index contributed by atoms with van der Waals surface area (Å²) in [5, 5.41) is 13.2. The molecule has 0 atom stereocenters. The Labute approximate surface area is 140 Å². The maximum Gasteiger partial charge on any atom is 0.573 e. The Balaban J connectivity index is 2.27. The van der Waals surface area contributed by atoms with Gasteiger partial charge in [0.2, 0.25) is 5.75 Å². The van der Waals surface area contributed by atoms with Crippen molar-refractivity contribution in [1.82, 2.24) is 4.98 Å². The van der Waals surface area contributed by atoms with Gasteiger partial charge in [0.1, 0.15) is 5.82 Å². The van der Waals surface area contributed by atoms with Gasteiger partial charge in [-0.3, -0.25) is 14.9 Å². The first-order valence-corrected chi connectivity index (χ1v) is 6.92. The lowest BCUT2D eigenvalue weighted by Gasteiger charge is -2.10. The molecule has 7 nitrogen and oxygen atoms in total. The summed E-state index contributed by atoms with van der Waals surface area (Å²) in [6.07, 6.45) is -3.67. The zero-order valence-corrected chi connectivity index (χ0v) is 13.1. The SMILES string of the molecule is O=C(Nc1ccc(Br)cn1)c1ccc(OC(F)(F)F)c([N+](=O)[O-])c1. The van der Waals surface area contributed by atoms with Gasteiger partial charge in [0.05, 0.1) is 4.92 Å². The number of nitrogens with one attached hydrogen (secondary N) is 1. The number of anilines is 1. The van der Waals surface area contributed by atoms with Crippen LogP contribution in [0.25, 0.3) is 0 Å². The molecule has 0 saturated carbocycles. The number of nitro groups is 1. The molecule has 0 aliphatic rings. The van der Waals surface area contributed by atoms with Gasteiger partial charge in [-0.05, 0) is 40.2 Å². The zero-order valence-electron chi connectivity index (χ0n) is 11.5. The van der Waals surface area contributed by atoms with Crippen LogP contribution in [0.3, 0.4) is 0 Å². The first-order valence-electron chi connectivity index (χ1n) is 6.13. The molecular formula is C13H7BrF3N3O4. The highest BCUT2D eigenvalue weighted by Gasteiger charge is 2.34. The van der Waals surface area contributed by atoms with Crippen molar-refractivity contribution in [2.45, 2.75) is 6.36 Å². The minimum absolute atomic E-state index is 0.168. The van der Waals surface area contributed by atoms with Gasteiger partial charge in [0, 0.05) is 22.3 Å². The standard InChI is InChI=1S/C13H7BrF3N3O4/c14-8-2-4-11(18-6-8)19-12(21)7-1-3-10(24-13(15,16)17)9(5-7)20(22)23/h1-6H,(H,18,19,21). The van der Waals surface area contributed by atoms with E-state index in [2.05, 4.69) is 31.0 Å². The molecule has 1 heterocycles. The summed E-state index contributed by atoms with van der Waals surface area (Å²) in [5.41, 5.74) is -1.20. The third kappa shape index (κ3) is 4.65. The number of nitro benzene ring substituents is 1. The number of halogens is 4. The molecule has 1 aromatic heterocycles. The first-order chi connectivity index (χ1) is 11.2. The predicted octanol–water partition coefficient (Wildman–Crippen LogP) is 3.90. The molecule has 0 bridgehead atoms. The van der Waals surface area contributed by atoms with Crippen LogP contribution >= 0.6 is 15.9 Å². The number of benzene rings is 1. The number of ether oxygens (including phenoxy) is 1. The average molecular weight is 406 g/mol. The molecule has 1 N–H and O–H groups in total. The monoisotopic (exact) mass is 405 g/mol. The molecule has 11 heteroatoms. The molecule has 0 fully saturated rings. The highest BCUT2D eigenvalue weighted by atomic mass is 79.9. The quantitative estimate of drug-likeness (QED) is 0.614. The van der Waals surface area contributed by atoms with Gasteiger partial charge in [-0.2, -0.15) is 0 Å². The number of alkyl halides is 3. The minimum Gasteiger partial charge on any atom is -0.398 e. The molecule has 2 rings (SSSR count). The third-order valence-electron chi connectivity index (χ3n) is 2.61. The zero-order chi connectivity index (χ0) is 17.9. The Kier molecular flexibility index (Phi) is 5.02. The molecule has 1 amide bonds. The predicted molar refractivity (Wildman–Crippen MR) is 79.7 cm³/mol. The Hall–Kier alpha value is -2.69. The molecule has 126 valence electrons. The van der Waals surface area contributed by atoms with Gasteiger partial charge in [0.15, 0.2) is 0 Å². The lowest BCUT2D eigenvalue weighted by molar-refractivity contribution is -0.388. The summed E-state index contributed by atoms with van der Waals surface area (Å²) in [4.78, 5) is 25.7. The summed E-state index contributed by atoms with van der Waals surface area (Å²) in [6.45, 7) is 0. The van der Waals surface area contributed by atoms with E-state index >= 15 is 0 Å². The fourth-order valence-electron chi connectivity index (χ4n) is 1.65. The molecular weight excluding hydrogens is 399 g/mol. The molecule has 0 radical (unpaired) electrons. The molecule has 2 aromatic rings. The number of hydrogen-bond acceptors (Lipinski definition) is 5. The Morgan fingerprint density at radius 3 is 2.54 bits per heavy atom. The number of amides is 1. The molecule has 1 aromatic carbocycles. The van der Waals surface area contributed by atoms with Crippen LogP contribution in [0.4, 0.5) is 24.7 Å². The van der Waals surface area contributed by atoms with E-state index in [4.69, 9.17) is 0 Å². The number of rotatable bonds is 4. The smallest absolute Gasteiger partial charge is 0.398 e. The summed E-state index contributed by atoms with van der Waals surface area (Å²) in [6, 6.07) is 5.44. The second-order valence-electron chi connectivity index (χ2n) is 4.30. The van der Waals surface area contributed by atoms with Gasteiger partial charge < -0.3 is 10.1 Å². The highest BCUT2D eigenvalue weighted by molar-refractivity contribution is 9.10. The van der Waals surface area contributed by atoms with Crippen LogP contribution in [0.15, 0.2) is 41.0 Å². The van der Waals surface area contributed by atoms with E-state index in [-0.39, 0.29) is 11.4 Å². The van der Waals surface area contributed by atoms with Crippen molar-refractivity contribution in [2.75, 3.05) is 5.32 Å². The second-order valence-corrected chi connectivity index (χ2v) is 5.22. The number of carbonyl (C=O) groups excluding carboxylic acids is 1. The van der Waals surface area contributed by atoms with E-state index in [0.717, 1.165) is 6.07 Å². The normalized spacial score (nSPS) is 11.0. The third-order valence-corrected chi connectivity index (χ3v) is 3.08. The Morgan fingerprint density at radius 1 is 1.29 bits per heavy atom. The van der Waals surface area contributed by atoms with Crippen molar-refractivity contribution in [3.8, 4) is 5.75 Å². The molecule has 0 saturated heterocycles.